The lowest BCUT2D eigenvalue weighted by atomic mass is 9.91. The summed E-state index contributed by atoms with van der Waals surface area (Å²) in [6, 6.07) is 87.6. The molecule has 1 heterocycles. The first-order chi connectivity index (χ1) is 28.8. The Hall–Kier alpha value is -7.26. The van der Waals surface area contributed by atoms with Crippen LogP contribution in [0.25, 0.3) is 54.9 Å². The van der Waals surface area contributed by atoms with Gasteiger partial charge in [0.15, 0.2) is 8.07 Å². The summed E-state index contributed by atoms with van der Waals surface area (Å²) in [4.78, 5) is 2.43. The topological polar surface area (TPSA) is 3.24 Å². The van der Waals surface area contributed by atoms with Crippen LogP contribution < -0.4 is 25.6 Å². The quantitative estimate of drug-likeness (QED) is 0.147. The smallest absolute Gasteiger partial charge is 0.180 e. The van der Waals surface area contributed by atoms with Gasteiger partial charge >= 0.3 is 0 Å². The van der Waals surface area contributed by atoms with Gasteiger partial charge in [-0.1, -0.05) is 194 Å². The van der Waals surface area contributed by atoms with Gasteiger partial charge in [-0.25, -0.2) is 0 Å². The average molecular weight is 754 g/mol. The molecule has 0 bridgehead atoms. The molecule has 0 radical (unpaired) electrons. The van der Waals surface area contributed by atoms with Crippen molar-refractivity contribution in [2.24, 2.45) is 0 Å². The van der Waals surface area contributed by atoms with E-state index in [1.807, 2.05) is 0 Å². The van der Waals surface area contributed by atoms with Crippen LogP contribution in [0, 0.1) is 0 Å². The molecule has 2 heteroatoms. The fourth-order valence-electron chi connectivity index (χ4n) is 9.55. The number of benzene rings is 10. The number of nitrogens with zero attached hydrogens (tertiary/aromatic N) is 1. The molecule has 11 rings (SSSR count). The van der Waals surface area contributed by atoms with Gasteiger partial charge in [0.25, 0.3) is 0 Å². The molecule has 0 saturated carbocycles. The monoisotopic (exact) mass is 753 g/mol. The fraction of sp³-hybridized carbons (Fsp3) is 0. The van der Waals surface area contributed by atoms with E-state index in [2.05, 4.69) is 241 Å². The SMILES string of the molecule is c1ccc(-c2cccc3cccc(-c4ccc(N(c5ccccc5)c5ccc6c(c5)[Si](c5ccccc5)(c5ccccc5)c5cc7ccccc7cc5-6)cc4)c23)cc1. The number of rotatable bonds is 7. The second-order valence-corrected chi connectivity index (χ2v) is 19.0. The minimum atomic E-state index is -2.76. The van der Waals surface area contributed by atoms with Gasteiger partial charge in [-0.3, -0.25) is 0 Å². The zero-order valence-electron chi connectivity index (χ0n) is 32.0. The van der Waals surface area contributed by atoms with E-state index in [-0.39, 0.29) is 0 Å². The van der Waals surface area contributed by atoms with Crippen LogP contribution in [0.15, 0.2) is 237 Å². The third kappa shape index (κ3) is 5.45. The number of fused-ring (bicyclic) bond motifs is 5. The van der Waals surface area contributed by atoms with E-state index in [0.717, 1.165) is 17.1 Å². The van der Waals surface area contributed by atoms with Crippen molar-refractivity contribution in [2.45, 2.75) is 0 Å². The van der Waals surface area contributed by atoms with E-state index < -0.39 is 8.07 Å². The van der Waals surface area contributed by atoms with E-state index in [1.54, 1.807) is 0 Å². The van der Waals surface area contributed by atoms with Crippen molar-refractivity contribution < 1.29 is 0 Å². The summed E-state index contributed by atoms with van der Waals surface area (Å²) in [5.74, 6) is 0. The van der Waals surface area contributed by atoms with E-state index >= 15 is 0 Å². The molecule has 10 aromatic rings. The maximum Gasteiger partial charge on any atom is 0.180 e. The Labute approximate surface area is 340 Å². The first-order valence-electron chi connectivity index (χ1n) is 20.1. The molecule has 272 valence electrons. The predicted octanol–water partition coefficient (Wildman–Crippen LogP) is 12.2. The summed E-state index contributed by atoms with van der Waals surface area (Å²) in [6.45, 7) is 0. The minimum absolute atomic E-state index is 1.12. The molecule has 0 unspecified atom stereocenters. The summed E-state index contributed by atoms with van der Waals surface area (Å²) >= 11 is 0. The molecule has 0 saturated heterocycles. The van der Waals surface area contributed by atoms with E-state index in [1.165, 1.54) is 75.7 Å². The van der Waals surface area contributed by atoms with Crippen LogP contribution in [-0.4, -0.2) is 8.07 Å². The number of hydrogen-bond donors (Lipinski definition) is 0. The highest BCUT2D eigenvalue weighted by molar-refractivity contribution is 7.22. The van der Waals surface area contributed by atoms with Crippen molar-refractivity contribution in [1.29, 1.82) is 0 Å². The Balaban J connectivity index is 1.11. The van der Waals surface area contributed by atoms with Crippen LogP contribution >= 0.6 is 0 Å². The molecule has 0 amide bonds. The van der Waals surface area contributed by atoms with Crippen LogP contribution in [0.2, 0.25) is 0 Å². The third-order valence-electron chi connectivity index (χ3n) is 12.1. The van der Waals surface area contributed by atoms with Crippen molar-refractivity contribution >= 4 is 67.4 Å². The summed E-state index contributed by atoms with van der Waals surface area (Å²) in [5, 5.41) is 10.7. The highest BCUT2D eigenvalue weighted by atomic mass is 28.3. The van der Waals surface area contributed by atoms with Gasteiger partial charge in [-0.15, -0.1) is 0 Å². The van der Waals surface area contributed by atoms with Gasteiger partial charge < -0.3 is 4.90 Å². The molecule has 0 N–H and O–H groups in total. The molecule has 1 nitrogen and oxygen atoms in total. The van der Waals surface area contributed by atoms with Gasteiger partial charge in [0, 0.05) is 17.1 Å². The van der Waals surface area contributed by atoms with Crippen molar-refractivity contribution in [3.63, 3.8) is 0 Å². The zero-order valence-corrected chi connectivity index (χ0v) is 33.0. The first-order valence-corrected chi connectivity index (χ1v) is 22.1. The van der Waals surface area contributed by atoms with E-state index in [0.29, 0.717) is 0 Å². The molecule has 1 aliphatic heterocycles. The number of para-hydroxylation sites is 1. The average Bonchev–Trinajstić information content (AvgIpc) is 3.58. The zero-order chi connectivity index (χ0) is 38.5. The molecule has 0 aliphatic carbocycles. The standard InChI is InChI=1S/C56H39NSi/c1-5-17-40(18-6-1)50-29-15-21-42-22-16-30-51(56(42)50)41-31-33-46(34-32-41)57(45-23-7-2-8-24-45)47-35-36-52-53-37-43-19-13-14-20-44(43)38-54(53)58(55(52)39-47,48-25-9-3-10-26-48)49-27-11-4-12-28-49/h1-39H. The van der Waals surface area contributed by atoms with Gasteiger partial charge in [-0.2, -0.15) is 0 Å². The Kier molecular flexibility index (Phi) is 8.23. The van der Waals surface area contributed by atoms with Crippen molar-refractivity contribution in [3.05, 3.63) is 237 Å². The normalized spacial score (nSPS) is 12.6. The lowest BCUT2D eigenvalue weighted by Crippen LogP contribution is -2.72. The largest absolute Gasteiger partial charge is 0.311 e. The second kappa shape index (κ2) is 14.0. The molecule has 58 heavy (non-hydrogen) atoms. The van der Waals surface area contributed by atoms with E-state index in [9.17, 15) is 0 Å². The van der Waals surface area contributed by atoms with Crippen LogP contribution in [0.1, 0.15) is 0 Å². The summed E-state index contributed by atoms with van der Waals surface area (Å²) in [5.41, 5.74) is 11.0. The van der Waals surface area contributed by atoms with Gasteiger partial charge in [0.2, 0.25) is 0 Å². The summed E-state index contributed by atoms with van der Waals surface area (Å²) in [6.07, 6.45) is 0. The molecule has 1 aliphatic rings. The van der Waals surface area contributed by atoms with Crippen LogP contribution in [0.5, 0.6) is 0 Å². The lowest BCUT2D eigenvalue weighted by Gasteiger charge is -2.33. The number of anilines is 3. The predicted molar refractivity (Wildman–Crippen MR) is 250 cm³/mol. The molecule has 10 aromatic carbocycles. The van der Waals surface area contributed by atoms with Crippen molar-refractivity contribution in [2.75, 3.05) is 4.90 Å². The van der Waals surface area contributed by atoms with Gasteiger partial charge in [0.05, 0.1) is 0 Å². The Morgan fingerprint density at radius 3 is 1.36 bits per heavy atom. The van der Waals surface area contributed by atoms with Crippen LogP contribution in [0.4, 0.5) is 17.1 Å². The molecular formula is C56H39NSi. The minimum Gasteiger partial charge on any atom is -0.311 e. The molecule has 0 spiro atoms. The lowest BCUT2D eigenvalue weighted by molar-refractivity contribution is 1.29. The summed E-state index contributed by atoms with van der Waals surface area (Å²) in [7, 11) is -2.76. The van der Waals surface area contributed by atoms with Crippen molar-refractivity contribution in [3.8, 4) is 33.4 Å². The molecule has 0 atom stereocenters. The molecule has 0 fully saturated rings. The second-order valence-electron chi connectivity index (χ2n) is 15.2. The van der Waals surface area contributed by atoms with Gasteiger partial charge in [-0.05, 0) is 118 Å². The van der Waals surface area contributed by atoms with E-state index in [4.69, 9.17) is 0 Å². The highest BCUT2D eigenvalue weighted by Crippen LogP contribution is 2.41. The Morgan fingerprint density at radius 1 is 0.276 bits per heavy atom. The summed E-state index contributed by atoms with van der Waals surface area (Å²) < 4.78 is 0. The number of hydrogen-bond acceptors (Lipinski definition) is 1. The Bertz CT molecular complexity index is 3040. The molecule has 0 aromatic heterocycles. The van der Waals surface area contributed by atoms with Crippen LogP contribution in [-0.2, 0) is 0 Å². The first kappa shape index (κ1) is 34.0. The van der Waals surface area contributed by atoms with Crippen molar-refractivity contribution in [1.82, 2.24) is 0 Å². The maximum absolute atomic E-state index is 2.76. The maximum atomic E-state index is 2.52. The fourth-order valence-corrected chi connectivity index (χ4v) is 14.8. The van der Waals surface area contributed by atoms with Crippen LogP contribution in [0.3, 0.4) is 0 Å². The Morgan fingerprint density at radius 2 is 0.741 bits per heavy atom. The van der Waals surface area contributed by atoms with Gasteiger partial charge in [0.1, 0.15) is 0 Å². The highest BCUT2D eigenvalue weighted by Gasteiger charge is 2.49. The third-order valence-corrected chi connectivity index (χ3v) is 16.9. The molecular weight excluding hydrogens is 715 g/mol.